The van der Waals surface area contributed by atoms with Crippen molar-refractivity contribution >= 4 is 39.7 Å². The number of para-hydroxylation sites is 1. The van der Waals surface area contributed by atoms with Crippen LogP contribution < -0.4 is 5.32 Å². The zero-order chi connectivity index (χ0) is 19.3. The van der Waals surface area contributed by atoms with Crippen molar-refractivity contribution in [3.63, 3.8) is 0 Å². The summed E-state index contributed by atoms with van der Waals surface area (Å²) in [7, 11) is 0. The van der Waals surface area contributed by atoms with Crippen LogP contribution in [0.5, 0.6) is 0 Å². The van der Waals surface area contributed by atoms with Crippen molar-refractivity contribution in [3.8, 4) is 0 Å². The van der Waals surface area contributed by atoms with Gasteiger partial charge >= 0.3 is 0 Å². The molecule has 6 nitrogen and oxygen atoms in total. The molecule has 0 saturated carbocycles. The van der Waals surface area contributed by atoms with Crippen LogP contribution >= 0.6 is 11.8 Å². The van der Waals surface area contributed by atoms with Gasteiger partial charge in [-0.15, -0.1) is 10.2 Å². The second kappa shape index (κ2) is 8.39. The lowest BCUT2D eigenvalue weighted by Gasteiger charge is -2.06. The van der Waals surface area contributed by atoms with E-state index in [0.29, 0.717) is 11.7 Å². The number of carbonyl (C=O) groups is 1. The third-order valence-electron chi connectivity index (χ3n) is 4.47. The lowest BCUT2D eigenvalue weighted by atomic mass is 10.2. The van der Waals surface area contributed by atoms with E-state index in [0.717, 1.165) is 40.6 Å². The van der Waals surface area contributed by atoms with Crippen molar-refractivity contribution in [3.05, 3.63) is 60.2 Å². The number of rotatable bonds is 7. The molecule has 28 heavy (non-hydrogen) atoms. The maximum atomic E-state index is 12.2. The van der Waals surface area contributed by atoms with Crippen LogP contribution in [0.4, 0.5) is 0 Å². The van der Waals surface area contributed by atoms with E-state index in [-0.39, 0.29) is 11.7 Å². The van der Waals surface area contributed by atoms with Gasteiger partial charge in [-0.2, -0.15) is 0 Å². The highest BCUT2D eigenvalue weighted by atomic mass is 32.2. The highest BCUT2D eigenvalue weighted by Crippen LogP contribution is 2.27. The van der Waals surface area contributed by atoms with Crippen LogP contribution in [-0.4, -0.2) is 31.4 Å². The molecular weight excluding hydrogens is 370 g/mol. The van der Waals surface area contributed by atoms with Crippen molar-refractivity contribution in [1.29, 1.82) is 0 Å². The van der Waals surface area contributed by atoms with E-state index in [4.69, 9.17) is 4.98 Å². The predicted octanol–water partition coefficient (Wildman–Crippen LogP) is 3.80. The Bertz CT molecular complexity index is 1110. The van der Waals surface area contributed by atoms with Gasteiger partial charge in [0.05, 0.1) is 11.3 Å². The topological polar surface area (TPSA) is 72.7 Å². The van der Waals surface area contributed by atoms with Crippen LogP contribution in [0.2, 0.25) is 0 Å². The number of thioether (sulfide) groups is 1. The molecule has 0 atom stereocenters. The maximum absolute atomic E-state index is 12.2. The Hall–Kier alpha value is -2.93. The number of nitrogens with zero attached hydrogens (tertiary/aromatic N) is 4. The number of amides is 1. The molecule has 2 aromatic heterocycles. The number of carbonyl (C=O) groups excluding carboxylic acids is 1. The largest absolute Gasteiger partial charge is 0.351 e. The van der Waals surface area contributed by atoms with Gasteiger partial charge in [0, 0.05) is 18.5 Å². The fraction of sp³-hybridized carbons (Fsp3) is 0.238. The summed E-state index contributed by atoms with van der Waals surface area (Å²) in [4.78, 5) is 16.8. The Morgan fingerprint density at radius 1 is 1.07 bits per heavy atom. The molecule has 0 fully saturated rings. The van der Waals surface area contributed by atoms with E-state index in [9.17, 15) is 4.79 Å². The second-order valence-electron chi connectivity index (χ2n) is 6.49. The zero-order valence-electron chi connectivity index (χ0n) is 15.6. The minimum Gasteiger partial charge on any atom is -0.351 e. The standard InChI is InChI=1S/C21H21N5OS/c1-2-12-26-17-11-7-6-10-16(17)19-20(26)23-21(25-24-19)28-14-18(27)22-13-15-8-4-3-5-9-15/h3-11H,2,12-14H2,1H3,(H,22,27). The molecule has 1 N–H and O–H groups in total. The smallest absolute Gasteiger partial charge is 0.230 e. The number of benzene rings is 2. The average molecular weight is 392 g/mol. The van der Waals surface area contributed by atoms with Crippen molar-refractivity contribution < 1.29 is 4.79 Å². The van der Waals surface area contributed by atoms with E-state index in [1.807, 2.05) is 48.5 Å². The van der Waals surface area contributed by atoms with Gasteiger partial charge < -0.3 is 9.88 Å². The molecule has 7 heteroatoms. The maximum Gasteiger partial charge on any atom is 0.230 e. The van der Waals surface area contributed by atoms with Crippen LogP contribution in [0.3, 0.4) is 0 Å². The van der Waals surface area contributed by atoms with Crippen LogP contribution in [0.15, 0.2) is 59.8 Å². The number of aryl methyl sites for hydroxylation is 1. The first-order valence-corrected chi connectivity index (χ1v) is 10.3. The number of aromatic nitrogens is 4. The van der Waals surface area contributed by atoms with Crippen molar-refractivity contribution in [1.82, 2.24) is 25.1 Å². The Labute approximate surface area is 167 Å². The van der Waals surface area contributed by atoms with Crippen LogP contribution in [0, 0.1) is 0 Å². The first-order valence-electron chi connectivity index (χ1n) is 9.31. The number of fused-ring (bicyclic) bond motifs is 3. The molecular formula is C21H21N5OS. The van der Waals surface area contributed by atoms with Gasteiger partial charge in [-0.1, -0.05) is 67.2 Å². The van der Waals surface area contributed by atoms with Crippen LogP contribution in [-0.2, 0) is 17.9 Å². The summed E-state index contributed by atoms with van der Waals surface area (Å²) in [6, 6.07) is 18.0. The van der Waals surface area contributed by atoms with Gasteiger partial charge in [-0.25, -0.2) is 4.98 Å². The third-order valence-corrected chi connectivity index (χ3v) is 5.30. The molecule has 0 unspecified atom stereocenters. The zero-order valence-corrected chi connectivity index (χ0v) is 16.4. The van der Waals surface area contributed by atoms with Gasteiger partial charge in [0.1, 0.15) is 5.52 Å². The van der Waals surface area contributed by atoms with Crippen molar-refractivity contribution in [2.24, 2.45) is 0 Å². The van der Waals surface area contributed by atoms with Gasteiger partial charge in [0.25, 0.3) is 0 Å². The van der Waals surface area contributed by atoms with Crippen molar-refractivity contribution in [2.75, 3.05) is 5.75 Å². The summed E-state index contributed by atoms with van der Waals surface area (Å²) in [5.74, 6) is 0.209. The minimum absolute atomic E-state index is 0.0494. The predicted molar refractivity (Wildman–Crippen MR) is 112 cm³/mol. The average Bonchev–Trinajstić information content (AvgIpc) is 3.05. The second-order valence-corrected chi connectivity index (χ2v) is 7.43. The summed E-state index contributed by atoms with van der Waals surface area (Å²) >= 11 is 1.31. The Kier molecular flexibility index (Phi) is 5.53. The van der Waals surface area contributed by atoms with E-state index in [1.54, 1.807) is 0 Å². The third kappa shape index (κ3) is 3.84. The van der Waals surface area contributed by atoms with Crippen molar-refractivity contribution in [2.45, 2.75) is 31.6 Å². The van der Waals surface area contributed by atoms with Gasteiger partial charge in [0.15, 0.2) is 5.65 Å². The Morgan fingerprint density at radius 3 is 2.68 bits per heavy atom. The molecule has 1 amide bonds. The normalized spacial score (nSPS) is 11.2. The molecule has 0 spiro atoms. The fourth-order valence-corrected chi connectivity index (χ4v) is 3.79. The van der Waals surface area contributed by atoms with Gasteiger partial charge in [0.2, 0.25) is 11.1 Å². The molecule has 0 aliphatic carbocycles. The molecule has 4 rings (SSSR count). The lowest BCUT2D eigenvalue weighted by molar-refractivity contribution is -0.118. The molecule has 4 aromatic rings. The van der Waals surface area contributed by atoms with E-state index >= 15 is 0 Å². The fourth-order valence-electron chi connectivity index (χ4n) is 3.18. The lowest BCUT2D eigenvalue weighted by Crippen LogP contribution is -2.24. The number of hydrogen-bond donors (Lipinski definition) is 1. The molecule has 0 aliphatic heterocycles. The van der Waals surface area contributed by atoms with Gasteiger partial charge in [-0.05, 0) is 18.1 Å². The highest BCUT2D eigenvalue weighted by Gasteiger charge is 2.14. The van der Waals surface area contributed by atoms with Crippen LogP contribution in [0.25, 0.3) is 22.1 Å². The molecule has 0 bridgehead atoms. The molecule has 0 radical (unpaired) electrons. The summed E-state index contributed by atoms with van der Waals surface area (Å²) in [5.41, 5.74) is 3.82. The molecule has 0 saturated heterocycles. The SMILES string of the molecule is CCCn1c2ccccc2c2nnc(SCC(=O)NCc3ccccc3)nc21. The summed E-state index contributed by atoms with van der Waals surface area (Å²) in [6.07, 6.45) is 1.00. The number of nitrogens with one attached hydrogen (secondary N) is 1. The monoisotopic (exact) mass is 391 g/mol. The van der Waals surface area contributed by atoms with E-state index in [2.05, 4.69) is 33.1 Å². The molecule has 142 valence electrons. The quantitative estimate of drug-likeness (QED) is 0.485. The van der Waals surface area contributed by atoms with Gasteiger partial charge in [-0.3, -0.25) is 4.79 Å². The van der Waals surface area contributed by atoms with E-state index in [1.165, 1.54) is 11.8 Å². The highest BCUT2D eigenvalue weighted by molar-refractivity contribution is 7.99. The molecule has 2 heterocycles. The Balaban J connectivity index is 1.49. The molecule has 0 aliphatic rings. The summed E-state index contributed by atoms with van der Waals surface area (Å²) in [5, 5.41) is 13.1. The summed E-state index contributed by atoms with van der Waals surface area (Å²) < 4.78 is 2.18. The summed E-state index contributed by atoms with van der Waals surface area (Å²) in [6.45, 7) is 3.52. The first-order chi connectivity index (χ1) is 13.8. The number of hydrogen-bond acceptors (Lipinski definition) is 5. The minimum atomic E-state index is -0.0494. The van der Waals surface area contributed by atoms with Crippen LogP contribution in [0.1, 0.15) is 18.9 Å². The first kappa shape index (κ1) is 18.4. The Morgan fingerprint density at radius 2 is 1.86 bits per heavy atom. The molecule has 2 aromatic carbocycles. The van der Waals surface area contributed by atoms with E-state index < -0.39 is 0 Å².